The fraction of sp³-hybridized carbons (Fsp3) is 0.833. The first-order valence-corrected chi connectivity index (χ1v) is 8.61. The number of hydrogen-bond donors (Lipinski definition) is 3. The number of nitrogens with one attached hydrogen (secondary N) is 2. The summed E-state index contributed by atoms with van der Waals surface area (Å²) in [5.41, 5.74) is -0.788. The Morgan fingerprint density at radius 3 is 2.52 bits per heavy atom. The Bertz CT molecular complexity index is 503. The third-order valence-corrected chi connectivity index (χ3v) is 4.10. The summed E-state index contributed by atoms with van der Waals surface area (Å²) >= 11 is 0. The highest BCUT2D eigenvalue weighted by atomic mass is 32.2. The van der Waals surface area contributed by atoms with Crippen molar-refractivity contribution in [1.82, 2.24) is 14.9 Å². The third-order valence-electron chi connectivity index (χ3n) is 3.18. The Kier molecular flexibility index (Phi) is 5.57. The van der Waals surface area contributed by atoms with Gasteiger partial charge in [-0.3, -0.25) is 4.79 Å². The number of carbonyl (C=O) groups is 2. The van der Waals surface area contributed by atoms with Crippen LogP contribution in [0.25, 0.3) is 0 Å². The van der Waals surface area contributed by atoms with Gasteiger partial charge < -0.3 is 15.3 Å². The Balaban J connectivity index is 2.43. The molecule has 1 aliphatic heterocycles. The molecule has 21 heavy (non-hydrogen) atoms. The quantitative estimate of drug-likeness (QED) is 0.627. The van der Waals surface area contributed by atoms with Crippen LogP contribution in [0.2, 0.25) is 0 Å². The van der Waals surface area contributed by atoms with Gasteiger partial charge in [0.15, 0.2) is 0 Å². The summed E-state index contributed by atoms with van der Waals surface area (Å²) in [6.07, 6.45) is 1.79. The van der Waals surface area contributed by atoms with Crippen LogP contribution in [0.4, 0.5) is 4.79 Å². The van der Waals surface area contributed by atoms with Crippen LogP contribution in [-0.4, -0.2) is 61.9 Å². The molecule has 0 bridgehead atoms. The summed E-state index contributed by atoms with van der Waals surface area (Å²) in [5, 5.41) is 11.4. The van der Waals surface area contributed by atoms with Gasteiger partial charge >= 0.3 is 12.0 Å². The van der Waals surface area contributed by atoms with Crippen molar-refractivity contribution in [3.8, 4) is 0 Å². The second kappa shape index (κ2) is 6.61. The lowest BCUT2D eigenvalue weighted by atomic mass is 10.1. The molecule has 122 valence electrons. The molecule has 1 fully saturated rings. The fourth-order valence-corrected chi connectivity index (χ4v) is 3.45. The van der Waals surface area contributed by atoms with Gasteiger partial charge in [-0.2, -0.15) is 0 Å². The highest BCUT2D eigenvalue weighted by molar-refractivity contribution is 7.88. The Hall–Kier alpha value is -1.35. The van der Waals surface area contributed by atoms with Crippen LogP contribution in [0.1, 0.15) is 26.7 Å². The van der Waals surface area contributed by atoms with Crippen LogP contribution in [0, 0.1) is 5.92 Å². The molecular formula is C12H23N3O5S. The van der Waals surface area contributed by atoms with Gasteiger partial charge in [-0.15, -0.1) is 0 Å². The van der Waals surface area contributed by atoms with Gasteiger partial charge in [0.25, 0.3) is 0 Å². The zero-order chi connectivity index (χ0) is 16.3. The topological polar surface area (TPSA) is 116 Å². The maximum Gasteiger partial charge on any atom is 0.317 e. The number of hydrogen-bond acceptors (Lipinski definition) is 4. The van der Waals surface area contributed by atoms with Crippen molar-refractivity contribution in [2.24, 2.45) is 5.92 Å². The Labute approximate surface area is 124 Å². The molecule has 1 atom stereocenters. The molecule has 3 N–H and O–H groups in total. The largest absolute Gasteiger partial charge is 0.481 e. The van der Waals surface area contributed by atoms with E-state index in [0.29, 0.717) is 19.5 Å². The fourth-order valence-electron chi connectivity index (χ4n) is 2.38. The average Bonchev–Trinajstić information content (AvgIpc) is 2.70. The number of carboxylic acids is 1. The van der Waals surface area contributed by atoms with E-state index >= 15 is 0 Å². The molecule has 0 aromatic carbocycles. The van der Waals surface area contributed by atoms with Crippen molar-refractivity contribution in [3.63, 3.8) is 0 Å². The van der Waals surface area contributed by atoms with Crippen LogP contribution >= 0.6 is 0 Å². The zero-order valence-corrected chi connectivity index (χ0v) is 13.4. The first kappa shape index (κ1) is 17.7. The van der Waals surface area contributed by atoms with Crippen LogP contribution in [-0.2, 0) is 14.8 Å². The Morgan fingerprint density at radius 1 is 1.38 bits per heavy atom. The molecule has 0 spiro atoms. The van der Waals surface area contributed by atoms with Gasteiger partial charge in [-0.25, -0.2) is 17.9 Å². The molecule has 1 aliphatic rings. The van der Waals surface area contributed by atoms with E-state index in [1.807, 2.05) is 0 Å². The van der Waals surface area contributed by atoms with Gasteiger partial charge in [0.2, 0.25) is 10.0 Å². The maximum absolute atomic E-state index is 12.0. The average molecular weight is 321 g/mol. The molecule has 0 aromatic rings. The highest BCUT2D eigenvalue weighted by Gasteiger charge is 2.29. The summed E-state index contributed by atoms with van der Waals surface area (Å²) in [4.78, 5) is 24.2. The molecule has 2 amide bonds. The molecule has 0 radical (unpaired) electrons. The lowest BCUT2D eigenvalue weighted by Crippen LogP contribution is -2.53. The molecule has 1 rings (SSSR count). The Morgan fingerprint density at radius 2 is 2.00 bits per heavy atom. The molecule has 8 nitrogen and oxygen atoms in total. The van der Waals surface area contributed by atoms with E-state index in [1.54, 1.807) is 18.7 Å². The third kappa shape index (κ3) is 6.76. The zero-order valence-electron chi connectivity index (χ0n) is 12.5. The van der Waals surface area contributed by atoms with Crippen LogP contribution < -0.4 is 10.0 Å². The van der Waals surface area contributed by atoms with Crippen molar-refractivity contribution in [1.29, 1.82) is 0 Å². The summed E-state index contributed by atoms with van der Waals surface area (Å²) in [6, 6.07) is -0.300. The molecule has 0 aliphatic carbocycles. The van der Waals surface area contributed by atoms with Gasteiger partial charge in [0, 0.05) is 31.6 Å². The van der Waals surface area contributed by atoms with E-state index in [2.05, 4.69) is 10.0 Å². The van der Waals surface area contributed by atoms with E-state index in [1.165, 1.54) is 0 Å². The second-order valence-electron chi connectivity index (χ2n) is 6.12. The summed E-state index contributed by atoms with van der Waals surface area (Å²) in [6.45, 7) is 4.43. The SMILES string of the molecule is CC(C)(CNC(=O)N1CCC(CC(=O)O)C1)NS(C)(=O)=O. The molecule has 1 unspecified atom stereocenters. The summed E-state index contributed by atoms with van der Waals surface area (Å²) < 4.78 is 24.8. The first-order valence-electron chi connectivity index (χ1n) is 6.72. The second-order valence-corrected chi connectivity index (χ2v) is 7.86. The van der Waals surface area contributed by atoms with Gasteiger partial charge in [0.05, 0.1) is 6.26 Å². The number of urea groups is 1. The normalized spacial score (nSPS) is 19.6. The summed E-state index contributed by atoms with van der Waals surface area (Å²) in [5.74, 6) is -0.879. The standard InChI is InChI=1S/C12H23N3O5S/c1-12(2,14-21(3,19)20)8-13-11(18)15-5-4-9(7-15)6-10(16)17/h9,14H,4-8H2,1-3H3,(H,13,18)(H,16,17). The lowest BCUT2D eigenvalue weighted by Gasteiger charge is -2.27. The number of rotatable bonds is 6. The van der Waals surface area contributed by atoms with Gasteiger partial charge in [-0.05, 0) is 26.2 Å². The minimum Gasteiger partial charge on any atom is -0.481 e. The predicted octanol–water partition coefficient (Wildman–Crippen LogP) is -0.180. The number of amides is 2. The van der Waals surface area contributed by atoms with Gasteiger partial charge in [-0.1, -0.05) is 0 Å². The van der Waals surface area contributed by atoms with Crippen LogP contribution in [0.3, 0.4) is 0 Å². The smallest absolute Gasteiger partial charge is 0.317 e. The molecular weight excluding hydrogens is 298 g/mol. The van der Waals surface area contributed by atoms with E-state index < -0.39 is 21.5 Å². The van der Waals surface area contributed by atoms with Gasteiger partial charge in [0.1, 0.15) is 0 Å². The monoisotopic (exact) mass is 321 g/mol. The number of likely N-dealkylation sites (tertiary alicyclic amines) is 1. The highest BCUT2D eigenvalue weighted by Crippen LogP contribution is 2.19. The molecule has 9 heteroatoms. The van der Waals surface area contributed by atoms with E-state index in [-0.39, 0.29) is 24.9 Å². The van der Waals surface area contributed by atoms with E-state index in [9.17, 15) is 18.0 Å². The molecule has 1 heterocycles. The van der Waals surface area contributed by atoms with Crippen LogP contribution in [0.5, 0.6) is 0 Å². The van der Waals surface area contributed by atoms with Crippen molar-refractivity contribution >= 4 is 22.0 Å². The minimum atomic E-state index is -3.35. The number of nitrogens with zero attached hydrogens (tertiary/aromatic N) is 1. The van der Waals surface area contributed by atoms with Crippen molar-refractivity contribution in [3.05, 3.63) is 0 Å². The van der Waals surface area contributed by atoms with Crippen molar-refractivity contribution in [2.75, 3.05) is 25.9 Å². The molecule has 0 saturated carbocycles. The first-order chi connectivity index (χ1) is 9.48. The number of aliphatic carboxylic acids is 1. The van der Waals surface area contributed by atoms with Crippen LogP contribution in [0.15, 0.2) is 0 Å². The summed E-state index contributed by atoms with van der Waals surface area (Å²) in [7, 11) is -3.35. The minimum absolute atomic E-state index is 0.0181. The number of carbonyl (C=O) groups excluding carboxylic acids is 1. The van der Waals surface area contributed by atoms with Crippen molar-refractivity contribution in [2.45, 2.75) is 32.2 Å². The van der Waals surface area contributed by atoms with Crippen molar-refractivity contribution < 1.29 is 23.1 Å². The van der Waals surface area contributed by atoms with E-state index in [0.717, 1.165) is 6.26 Å². The lowest BCUT2D eigenvalue weighted by molar-refractivity contribution is -0.138. The predicted molar refractivity (Wildman–Crippen MR) is 77.4 cm³/mol. The van der Waals surface area contributed by atoms with E-state index in [4.69, 9.17) is 5.11 Å². The number of sulfonamides is 1. The molecule has 0 aromatic heterocycles. The molecule has 1 saturated heterocycles. The maximum atomic E-state index is 12.0. The number of carboxylic acid groups (broad SMARTS) is 1.